The van der Waals surface area contributed by atoms with Crippen LogP contribution in [0.15, 0.2) is 24.4 Å². The van der Waals surface area contributed by atoms with E-state index in [4.69, 9.17) is 0 Å². The number of carbonyl (C=O) groups excluding carboxylic acids is 1. The number of carbonyl (C=O) groups is 1. The second-order valence-corrected chi connectivity index (χ2v) is 7.16. The average molecular weight is 332 g/mol. The SMILES string of the molecule is CCCC1(CO)CCCN(C(=O)C2CC(c3ccccn3)NN2)C1. The Morgan fingerprint density at radius 2 is 2.33 bits per heavy atom. The third kappa shape index (κ3) is 3.61. The smallest absolute Gasteiger partial charge is 0.241 e. The maximum absolute atomic E-state index is 12.9. The third-order valence-corrected chi connectivity index (χ3v) is 5.33. The Labute approximate surface area is 143 Å². The number of nitrogens with one attached hydrogen (secondary N) is 2. The molecule has 0 spiro atoms. The summed E-state index contributed by atoms with van der Waals surface area (Å²) in [6.07, 6.45) is 6.46. The number of hydrogen-bond acceptors (Lipinski definition) is 5. The molecule has 132 valence electrons. The van der Waals surface area contributed by atoms with Crippen LogP contribution in [0, 0.1) is 5.41 Å². The van der Waals surface area contributed by atoms with E-state index in [2.05, 4.69) is 22.8 Å². The van der Waals surface area contributed by atoms with Gasteiger partial charge in [-0.3, -0.25) is 9.78 Å². The maximum Gasteiger partial charge on any atom is 0.241 e. The van der Waals surface area contributed by atoms with E-state index in [0.29, 0.717) is 13.0 Å². The number of hydrazine groups is 1. The van der Waals surface area contributed by atoms with Crippen LogP contribution in [0.2, 0.25) is 0 Å². The number of amides is 1. The van der Waals surface area contributed by atoms with Gasteiger partial charge in [-0.25, -0.2) is 10.9 Å². The zero-order valence-electron chi connectivity index (χ0n) is 14.4. The Bertz CT molecular complexity index is 549. The molecule has 0 radical (unpaired) electrons. The quantitative estimate of drug-likeness (QED) is 0.759. The third-order valence-electron chi connectivity index (χ3n) is 5.33. The van der Waals surface area contributed by atoms with Crippen LogP contribution in [-0.2, 0) is 4.79 Å². The lowest BCUT2D eigenvalue weighted by Gasteiger charge is -2.42. The molecule has 2 aliphatic rings. The zero-order valence-corrected chi connectivity index (χ0v) is 14.4. The molecular formula is C18H28N4O2. The highest BCUT2D eigenvalue weighted by Gasteiger charge is 2.39. The Morgan fingerprint density at radius 1 is 1.46 bits per heavy atom. The Balaban J connectivity index is 1.62. The van der Waals surface area contributed by atoms with E-state index in [9.17, 15) is 9.90 Å². The molecule has 3 rings (SSSR count). The topological polar surface area (TPSA) is 77.5 Å². The first-order chi connectivity index (χ1) is 11.7. The minimum absolute atomic E-state index is 0.0585. The van der Waals surface area contributed by atoms with Crippen molar-refractivity contribution in [3.05, 3.63) is 30.1 Å². The van der Waals surface area contributed by atoms with Gasteiger partial charge in [0.2, 0.25) is 5.91 Å². The highest BCUT2D eigenvalue weighted by atomic mass is 16.3. The zero-order chi connectivity index (χ0) is 17.0. The summed E-state index contributed by atoms with van der Waals surface area (Å²) >= 11 is 0. The fourth-order valence-corrected chi connectivity index (χ4v) is 4.05. The summed E-state index contributed by atoms with van der Waals surface area (Å²) in [6, 6.07) is 5.66. The predicted molar refractivity (Wildman–Crippen MR) is 91.9 cm³/mol. The fraction of sp³-hybridized carbons (Fsp3) is 0.667. The van der Waals surface area contributed by atoms with Gasteiger partial charge in [0.15, 0.2) is 0 Å². The molecule has 2 saturated heterocycles. The van der Waals surface area contributed by atoms with E-state index in [-0.39, 0.29) is 30.0 Å². The van der Waals surface area contributed by atoms with Gasteiger partial charge < -0.3 is 10.0 Å². The van der Waals surface area contributed by atoms with Crippen LogP contribution >= 0.6 is 0 Å². The van der Waals surface area contributed by atoms with Gasteiger partial charge in [-0.15, -0.1) is 0 Å². The van der Waals surface area contributed by atoms with Gasteiger partial charge in [0.05, 0.1) is 18.3 Å². The predicted octanol–water partition coefficient (Wildman–Crippen LogP) is 1.39. The number of likely N-dealkylation sites (tertiary alicyclic amines) is 1. The summed E-state index contributed by atoms with van der Waals surface area (Å²) in [6.45, 7) is 3.76. The summed E-state index contributed by atoms with van der Waals surface area (Å²) in [5.41, 5.74) is 7.17. The summed E-state index contributed by atoms with van der Waals surface area (Å²) in [7, 11) is 0. The molecule has 0 aromatic carbocycles. The van der Waals surface area contributed by atoms with Gasteiger partial charge in [-0.05, 0) is 37.8 Å². The van der Waals surface area contributed by atoms with Crippen LogP contribution in [0.1, 0.15) is 50.8 Å². The number of aliphatic hydroxyl groups is 1. The van der Waals surface area contributed by atoms with Crippen molar-refractivity contribution in [1.82, 2.24) is 20.7 Å². The number of aliphatic hydroxyl groups excluding tert-OH is 1. The first-order valence-corrected chi connectivity index (χ1v) is 8.99. The van der Waals surface area contributed by atoms with Crippen molar-refractivity contribution in [3.8, 4) is 0 Å². The number of aromatic nitrogens is 1. The molecule has 1 aromatic heterocycles. The fourth-order valence-electron chi connectivity index (χ4n) is 4.05. The average Bonchev–Trinajstić information content (AvgIpc) is 3.12. The van der Waals surface area contributed by atoms with E-state index in [1.54, 1.807) is 6.20 Å². The van der Waals surface area contributed by atoms with Gasteiger partial charge in [-0.2, -0.15) is 0 Å². The van der Waals surface area contributed by atoms with E-state index in [0.717, 1.165) is 37.9 Å². The van der Waals surface area contributed by atoms with Crippen molar-refractivity contribution in [2.24, 2.45) is 5.41 Å². The largest absolute Gasteiger partial charge is 0.396 e. The molecule has 2 fully saturated rings. The maximum atomic E-state index is 12.9. The van der Waals surface area contributed by atoms with Gasteiger partial charge in [0, 0.05) is 24.7 Å². The van der Waals surface area contributed by atoms with Gasteiger partial charge in [-0.1, -0.05) is 19.4 Å². The van der Waals surface area contributed by atoms with Crippen LogP contribution in [0.3, 0.4) is 0 Å². The molecule has 24 heavy (non-hydrogen) atoms. The number of pyridine rings is 1. The Kier molecular flexibility index (Phi) is 5.48. The van der Waals surface area contributed by atoms with E-state index < -0.39 is 0 Å². The minimum atomic E-state index is -0.229. The van der Waals surface area contributed by atoms with Crippen molar-refractivity contribution in [2.45, 2.75) is 51.1 Å². The summed E-state index contributed by atoms with van der Waals surface area (Å²) in [4.78, 5) is 19.2. The summed E-state index contributed by atoms with van der Waals surface area (Å²) < 4.78 is 0. The number of rotatable bonds is 5. The molecule has 3 unspecified atom stereocenters. The van der Waals surface area contributed by atoms with Crippen LogP contribution in [0.25, 0.3) is 0 Å². The molecule has 6 heteroatoms. The lowest BCUT2D eigenvalue weighted by molar-refractivity contribution is -0.137. The number of hydrogen-bond donors (Lipinski definition) is 3. The van der Waals surface area contributed by atoms with Gasteiger partial charge >= 0.3 is 0 Å². The molecule has 0 bridgehead atoms. The van der Waals surface area contributed by atoms with Crippen molar-refractivity contribution in [1.29, 1.82) is 0 Å². The number of nitrogens with zero attached hydrogens (tertiary/aromatic N) is 2. The minimum Gasteiger partial charge on any atom is -0.396 e. The van der Waals surface area contributed by atoms with E-state index in [1.165, 1.54) is 0 Å². The Hall–Kier alpha value is -1.50. The molecular weight excluding hydrogens is 304 g/mol. The molecule has 2 aliphatic heterocycles. The molecule has 0 aliphatic carbocycles. The van der Waals surface area contributed by atoms with Crippen molar-refractivity contribution >= 4 is 5.91 Å². The summed E-state index contributed by atoms with van der Waals surface area (Å²) in [5, 5.41) is 9.85. The van der Waals surface area contributed by atoms with Gasteiger partial charge in [0.25, 0.3) is 0 Å². The molecule has 3 heterocycles. The highest BCUT2D eigenvalue weighted by molar-refractivity contribution is 5.82. The van der Waals surface area contributed by atoms with Crippen LogP contribution in [0.5, 0.6) is 0 Å². The first-order valence-electron chi connectivity index (χ1n) is 8.99. The van der Waals surface area contributed by atoms with Crippen LogP contribution in [-0.4, -0.2) is 46.6 Å². The highest BCUT2D eigenvalue weighted by Crippen LogP contribution is 2.35. The molecule has 3 atom stereocenters. The molecule has 1 amide bonds. The van der Waals surface area contributed by atoms with Crippen LogP contribution in [0.4, 0.5) is 0 Å². The normalized spacial score (nSPS) is 30.5. The van der Waals surface area contributed by atoms with E-state index in [1.807, 2.05) is 23.1 Å². The second kappa shape index (κ2) is 7.59. The van der Waals surface area contributed by atoms with Crippen molar-refractivity contribution < 1.29 is 9.90 Å². The van der Waals surface area contributed by atoms with Crippen LogP contribution < -0.4 is 10.9 Å². The van der Waals surface area contributed by atoms with Gasteiger partial charge in [0.1, 0.15) is 6.04 Å². The van der Waals surface area contributed by atoms with E-state index >= 15 is 0 Å². The Morgan fingerprint density at radius 3 is 3.04 bits per heavy atom. The number of piperidine rings is 1. The summed E-state index contributed by atoms with van der Waals surface area (Å²) in [5.74, 6) is 0.134. The molecule has 6 nitrogen and oxygen atoms in total. The van der Waals surface area contributed by atoms with Crippen molar-refractivity contribution in [3.63, 3.8) is 0 Å². The lowest BCUT2D eigenvalue weighted by Crippen LogP contribution is -2.53. The second-order valence-electron chi connectivity index (χ2n) is 7.16. The molecule has 0 saturated carbocycles. The lowest BCUT2D eigenvalue weighted by atomic mass is 9.77. The molecule has 1 aromatic rings. The monoisotopic (exact) mass is 332 g/mol. The van der Waals surface area contributed by atoms with Crippen molar-refractivity contribution in [2.75, 3.05) is 19.7 Å². The first kappa shape index (κ1) is 17.3. The molecule has 3 N–H and O–H groups in total. The standard InChI is InChI=1S/C18H28N4O2/c1-2-7-18(13-23)8-5-10-22(12-18)17(24)16-11-15(20-21-16)14-6-3-4-9-19-14/h3-4,6,9,15-16,20-21,23H,2,5,7-8,10-13H2,1H3.